The van der Waals surface area contributed by atoms with Gasteiger partial charge >= 0.3 is 0 Å². The Bertz CT molecular complexity index is 713. The fourth-order valence-electron chi connectivity index (χ4n) is 2.71. The van der Waals surface area contributed by atoms with Gasteiger partial charge in [0.2, 0.25) is 5.91 Å². The van der Waals surface area contributed by atoms with Crippen LogP contribution in [-0.2, 0) is 4.79 Å². The van der Waals surface area contributed by atoms with E-state index in [1.807, 2.05) is 50.2 Å². The molecule has 0 aliphatic heterocycles. The van der Waals surface area contributed by atoms with Crippen LogP contribution < -0.4 is 10.6 Å². The van der Waals surface area contributed by atoms with Gasteiger partial charge in [-0.1, -0.05) is 61.8 Å². The van der Waals surface area contributed by atoms with Crippen LogP contribution in [0.15, 0.2) is 42.5 Å². The Kier molecular flexibility index (Phi) is 6.41. The summed E-state index contributed by atoms with van der Waals surface area (Å²) in [6.07, 6.45) is 0. The molecular formula is C20H25ClN2O. The number of halogens is 1. The third-order valence-electron chi connectivity index (χ3n) is 4.13. The van der Waals surface area contributed by atoms with Crippen molar-refractivity contribution >= 4 is 23.2 Å². The molecule has 1 atom stereocenters. The molecule has 1 amide bonds. The van der Waals surface area contributed by atoms with Gasteiger partial charge in [-0.25, -0.2) is 0 Å². The fourth-order valence-corrected chi connectivity index (χ4v) is 3.01. The van der Waals surface area contributed by atoms with E-state index < -0.39 is 0 Å². The van der Waals surface area contributed by atoms with Gasteiger partial charge in [-0.2, -0.15) is 0 Å². The topological polar surface area (TPSA) is 41.1 Å². The first-order valence-corrected chi connectivity index (χ1v) is 8.65. The molecule has 4 heteroatoms. The van der Waals surface area contributed by atoms with Crippen molar-refractivity contribution in [2.45, 2.75) is 39.7 Å². The number of hydrogen-bond acceptors (Lipinski definition) is 2. The number of carbonyl (C=O) groups excluding carboxylic acids is 1. The fraction of sp³-hybridized carbons (Fsp3) is 0.350. The van der Waals surface area contributed by atoms with E-state index in [-0.39, 0.29) is 18.5 Å². The molecule has 128 valence electrons. The molecule has 2 aromatic rings. The first kappa shape index (κ1) is 18.5. The van der Waals surface area contributed by atoms with Gasteiger partial charge in [0.1, 0.15) is 0 Å². The van der Waals surface area contributed by atoms with Gasteiger partial charge in [0.15, 0.2) is 0 Å². The summed E-state index contributed by atoms with van der Waals surface area (Å²) in [6.45, 7) is 8.51. The van der Waals surface area contributed by atoms with Crippen molar-refractivity contribution in [2.24, 2.45) is 0 Å². The van der Waals surface area contributed by atoms with Gasteiger partial charge in [0, 0.05) is 16.8 Å². The SMILES string of the molecule is Cc1cccc(C(C)C)c1NC(=O)CN[C@@H](C)c1ccccc1Cl. The lowest BCUT2D eigenvalue weighted by molar-refractivity contribution is -0.115. The quantitative estimate of drug-likeness (QED) is 0.768. The maximum atomic E-state index is 12.4. The van der Waals surface area contributed by atoms with E-state index in [2.05, 4.69) is 30.5 Å². The molecule has 0 spiro atoms. The highest BCUT2D eigenvalue weighted by Crippen LogP contribution is 2.27. The van der Waals surface area contributed by atoms with E-state index in [0.29, 0.717) is 10.9 Å². The Hall–Kier alpha value is -1.84. The Morgan fingerprint density at radius 1 is 1.04 bits per heavy atom. The Labute approximate surface area is 149 Å². The number of carbonyl (C=O) groups is 1. The smallest absolute Gasteiger partial charge is 0.238 e. The molecule has 0 unspecified atom stereocenters. The average molecular weight is 345 g/mol. The van der Waals surface area contributed by atoms with Crippen molar-refractivity contribution in [3.8, 4) is 0 Å². The van der Waals surface area contributed by atoms with Crippen molar-refractivity contribution in [1.29, 1.82) is 0 Å². The number of amides is 1. The largest absolute Gasteiger partial charge is 0.324 e. The normalized spacial score (nSPS) is 12.2. The highest BCUT2D eigenvalue weighted by atomic mass is 35.5. The number of para-hydroxylation sites is 1. The van der Waals surface area contributed by atoms with Crippen LogP contribution in [0.4, 0.5) is 5.69 Å². The van der Waals surface area contributed by atoms with Crippen LogP contribution in [0.1, 0.15) is 49.4 Å². The highest BCUT2D eigenvalue weighted by molar-refractivity contribution is 6.31. The summed E-state index contributed by atoms with van der Waals surface area (Å²) >= 11 is 6.20. The maximum Gasteiger partial charge on any atom is 0.238 e. The van der Waals surface area contributed by atoms with Gasteiger partial charge in [-0.05, 0) is 42.5 Å². The van der Waals surface area contributed by atoms with Crippen molar-refractivity contribution < 1.29 is 4.79 Å². The van der Waals surface area contributed by atoms with E-state index >= 15 is 0 Å². The zero-order valence-electron chi connectivity index (χ0n) is 14.7. The van der Waals surface area contributed by atoms with Crippen LogP contribution in [-0.4, -0.2) is 12.5 Å². The van der Waals surface area contributed by atoms with Gasteiger partial charge < -0.3 is 10.6 Å². The number of aryl methyl sites for hydroxylation is 1. The second-order valence-electron chi connectivity index (χ2n) is 6.37. The third kappa shape index (κ3) is 4.59. The lowest BCUT2D eigenvalue weighted by Crippen LogP contribution is -2.30. The lowest BCUT2D eigenvalue weighted by atomic mass is 9.98. The van der Waals surface area contributed by atoms with Crippen LogP contribution in [0.25, 0.3) is 0 Å². The van der Waals surface area contributed by atoms with E-state index in [9.17, 15) is 4.79 Å². The molecule has 0 saturated heterocycles. The summed E-state index contributed by atoms with van der Waals surface area (Å²) in [5.74, 6) is 0.306. The lowest BCUT2D eigenvalue weighted by Gasteiger charge is -2.18. The number of benzene rings is 2. The Balaban J connectivity index is 2.01. The molecule has 0 bridgehead atoms. The Morgan fingerprint density at radius 2 is 1.71 bits per heavy atom. The second kappa shape index (κ2) is 8.32. The number of hydrogen-bond donors (Lipinski definition) is 2. The molecule has 0 fully saturated rings. The summed E-state index contributed by atoms with van der Waals surface area (Å²) in [4.78, 5) is 12.4. The molecule has 24 heavy (non-hydrogen) atoms. The van der Waals surface area contributed by atoms with Crippen LogP contribution >= 0.6 is 11.6 Å². The summed E-state index contributed by atoms with van der Waals surface area (Å²) in [7, 11) is 0. The predicted octanol–water partition coefficient (Wildman–Crippen LogP) is 5.06. The zero-order valence-corrected chi connectivity index (χ0v) is 15.4. The maximum absolute atomic E-state index is 12.4. The number of anilines is 1. The van der Waals surface area contributed by atoms with Crippen molar-refractivity contribution in [3.63, 3.8) is 0 Å². The van der Waals surface area contributed by atoms with Crippen molar-refractivity contribution in [2.75, 3.05) is 11.9 Å². The summed E-state index contributed by atoms with van der Waals surface area (Å²) in [6, 6.07) is 13.8. The van der Waals surface area contributed by atoms with Crippen molar-refractivity contribution in [1.82, 2.24) is 5.32 Å². The molecular weight excluding hydrogens is 320 g/mol. The molecule has 0 radical (unpaired) electrons. The van der Waals surface area contributed by atoms with Gasteiger partial charge in [0.25, 0.3) is 0 Å². The third-order valence-corrected chi connectivity index (χ3v) is 4.48. The van der Waals surface area contributed by atoms with Gasteiger partial charge in [-0.15, -0.1) is 0 Å². The summed E-state index contributed by atoms with van der Waals surface area (Å²) in [5, 5.41) is 6.99. The van der Waals surface area contributed by atoms with E-state index in [1.54, 1.807) is 0 Å². The van der Waals surface area contributed by atoms with Gasteiger partial charge in [-0.3, -0.25) is 4.79 Å². The highest BCUT2D eigenvalue weighted by Gasteiger charge is 2.14. The second-order valence-corrected chi connectivity index (χ2v) is 6.77. The van der Waals surface area contributed by atoms with Crippen LogP contribution in [0.5, 0.6) is 0 Å². The molecule has 2 rings (SSSR count). The summed E-state index contributed by atoms with van der Waals surface area (Å²) < 4.78 is 0. The Morgan fingerprint density at radius 3 is 2.38 bits per heavy atom. The molecule has 2 aromatic carbocycles. The molecule has 0 aromatic heterocycles. The minimum Gasteiger partial charge on any atom is -0.324 e. The van der Waals surface area contributed by atoms with Crippen LogP contribution in [0.3, 0.4) is 0 Å². The molecule has 0 aliphatic carbocycles. The standard InChI is InChI=1S/C20H25ClN2O/c1-13(2)16-10-7-8-14(3)20(16)23-19(24)12-22-15(4)17-9-5-6-11-18(17)21/h5-11,13,15,22H,12H2,1-4H3,(H,23,24)/t15-/m0/s1. The molecule has 0 aliphatic rings. The molecule has 3 nitrogen and oxygen atoms in total. The number of rotatable bonds is 6. The molecule has 2 N–H and O–H groups in total. The molecule has 0 saturated carbocycles. The monoisotopic (exact) mass is 344 g/mol. The first-order chi connectivity index (χ1) is 11.4. The molecule has 0 heterocycles. The van der Waals surface area contributed by atoms with Gasteiger partial charge in [0.05, 0.1) is 6.54 Å². The predicted molar refractivity (Wildman–Crippen MR) is 102 cm³/mol. The van der Waals surface area contributed by atoms with Crippen LogP contribution in [0, 0.1) is 6.92 Å². The minimum atomic E-state index is -0.0508. The first-order valence-electron chi connectivity index (χ1n) is 8.27. The van der Waals surface area contributed by atoms with E-state index in [1.165, 1.54) is 0 Å². The van der Waals surface area contributed by atoms with E-state index in [4.69, 9.17) is 11.6 Å². The summed E-state index contributed by atoms with van der Waals surface area (Å²) in [5.41, 5.74) is 4.15. The van der Waals surface area contributed by atoms with Crippen LogP contribution in [0.2, 0.25) is 5.02 Å². The van der Waals surface area contributed by atoms with E-state index in [0.717, 1.165) is 22.4 Å². The number of nitrogens with one attached hydrogen (secondary N) is 2. The zero-order chi connectivity index (χ0) is 17.7. The minimum absolute atomic E-state index is 0.00545. The average Bonchev–Trinajstić information content (AvgIpc) is 2.54. The van der Waals surface area contributed by atoms with Crippen molar-refractivity contribution in [3.05, 3.63) is 64.2 Å².